The molecule has 1 aromatic rings. The van der Waals surface area contributed by atoms with Crippen LogP contribution in [0.4, 0.5) is 0 Å². The molecule has 1 heterocycles. The van der Waals surface area contributed by atoms with Crippen LogP contribution in [-0.4, -0.2) is 31.6 Å². The normalized spacial score (nSPS) is 21.3. The van der Waals surface area contributed by atoms with Crippen LogP contribution in [0.15, 0.2) is 18.2 Å². The lowest BCUT2D eigenvalue weighted by Gasteiger charge is -2.30. The van der Waals surface area contributed by atoms with Gasteiger partial charge in [-0.3, -0.25) is 4.79 Å². The van der Waals surface area contributed by atoms with Crippen LogP contribution in [0.25, 0.3) is 0 Å². The Balaban J connectivity index is 0.00000220. The van der Waals surface area contributed by atoms with Gasteiger partial charge in [0.15, 0.2) is 6.61 Å². The van der Waals surface area contributed by atoms with Gasteiger partial charge in [-0.25, -0.2) is 0 Å². The van der Waals surface area contributed by atoms with Crippen LogP contribution >= 0.6 is 12.4 Å². The fourth-order valence-electron chi connectivity index (χ4n) is 2.38. The van der Waals surface area contributed by atoms with Gasteiger partial charge in [-0.2, -0.15) is 0 Å². The highest BCUT2D eigenvalue weighted by molar-refractivity contribution is 5.85. The van der Waals surface area contributed by atoms with Crippen molar-refractivity contribution in [1.82, 2.24) is 10.6 Å². The van der Waals surface area contributed by atoms with Crippen molar-refractivity contribution >= 4 is 18.3 Å². The van der Waals surface area contributed by atoms with Gasteiger partial charge in [0.1, 0.15) is 5.75 Å². The summed E-state index contributed by atoms with van der Waals surface area (Å²) in [5, 5.41) is 6.34. The van der Waals surface area contributed by atoms with Gasteiger partial charge >= 0.3 is 0 Å². The van der Waals surface area contributed by atoms with E-state index in [-0.39, 0.29) is 31.0 Å². The average Bonchev–Trinajstić information content (AvgIpc) is 2.43. The first-order valence-corrected chi connectivity index (χ1v) is 7.26. The second-order valence-corrected chi connectivity index (χ2v) is 5.68. The van der Waals surface area contributed by atoms with Crippen LogP contribution in [0.2, 0.25) is 0 Å². The quantitative estimate of drug-likeness (QED) is 0.896. The van der Waals surface area contributed by atoms with Crippen LogP contribution < -0.4 is 15.4 Å². The number of piperidine rings is 1. The minimum absolute atomic E-state index is 0. The Hall–Kier alpha value is -1.26. The van der Waals surface area contributed by atoms with E-state index in [0.29, 0.717) is 5.92 Å². The molecule has 0 spiro atoms. The number of ether oxygens (including phenoxy) is 1. The first kappa shape index (κ1) is 17.8. The number of amides is 1. The smallest absolute Gasteiger partial charge is 0.258 e. The van der Waals surface area contributed by atoms with Crippen LogP contribution in [0.3, 0.4) is 0 Å². The molecule has 118 valence electrons. The van der Waals surface area contributed by atoms with Crippen LogP contribution in [0.5, 0.6) is 5.75 Å². The van der Waals surface area contributed by atoms with Crippen molar-refractivity contribution < 1.29 is 9.53 Å². The lowest BCUT2D eigenvalue weighted by atomic mass is 9.95. The molecule has 21 heavy (non-hydrogen) atoms. The highest BCUT2D eigenvalue weighted by atomic mass is 35.5. The fourth-order valence-corrected chi connectivity index (χ4v) is 2.38. The van der Waals surface area contributed by atoms with Gasteiger partial charge in [0.25, 0.3) is 5.91 Å². The van der Waals surface area contributed by atoms with Crippen molar-refractivity contribution in [3.63, 3.8) is 0 Å². The second kappa shape index (κ2) is 8.25. The van der Waals surface area contributed by atoms with E-state index in [1.165, 1.54) is 11.1 Å². The van der Waals surface area contributed by atoms with E-state index in [0.717, 1.165) is 25.3 Å². The number of hydrogen-bond acceptors (Lipinski definition) is 3. The molecule has 1 aliphatic rings. The molecule has 0 radical (unpaired) electrons. The molecule has 0 saturated carbocycles. The first-order valence-electron chi connectivity index (χ1n) is 7.26. The lowest BCUT2D eigenvalue weighted by molar-refractivity contribution is -0.124. The SMILES string of the molecule is Cc1ccc(OCC(=O)NC2CNCCC2C)cc1C.Cl. The average molecular weight is 313 g/mol. The third-order valence-electron chi connectivity index (χ3n) is 4.02. The highest BCUT2D eigenvalue weighted by Gasteiger charge is 2.22. The molecule has 5 heteroatoms. The minimum Gasteiger partial charge on any atom is -0.484 e. The number of rotatable bonds is 4. The van der Waals surface area contributed by atoms with Crippen molar-refractivity contribution in [3.05, 3.63) is 29.3 Å². The largest absolute Gasteiger partial charge is 0.484 e. The Morgan fingerprint density at radius 1 is 1.38 bits per heavy atom. The van der Waals surface area contributed by atoms with E-state index in [2.05, 4.69) is 24.5 Å². The molecular weight excluding hydrogens is 288 g/mol. The maximum Gasteiger partial charge on any atom is 0.258 e. The molecule has 4 nitrogen and oxygen atoms in total. The maximum atomic E-state index is 11.9. The molecule has 0 aromatic heterocycles. The van der Waals surface area contributed by atoms with Crippen LogP contribution in [0.1, 0.15) is 24.5 Å². The first-order chi connectivity index (χ1) is 9.56. The van der Waals surface area contributed by atoms with Gasteiger partial charge in [-0.05, 0) is 56.0 Å². The number of nitrogens with one attached hydrogen (secondary N) is 2. The summed E-state index contributed by atoms with van der Waals surface area (Å²) >= 11 is 0. The van der Waals surface area contributed by atoms with Crippen molar-refractivity contribution in [3.8, 4) is 5.75 Å². The zero-order valence-electron chi connectivity index (χ0n) is 12.9. The molecule has 0 bridgehead atoms. The monoisotopic (exact) mass is 312 g/mol. The van der Waals surface area contributed by atoms with Gasteiger partial charge in [0, 0.05) is 12.6 Å². The molecule has 1 aliphatic heterocycles. The summed E-state index contributed by atoms with van der Waals surface area (Å²) < 4.78 is 5.55. The Labute approximate surface area is 133 Å². The standard InChI is InChI=1S/C16H24N2O2.ClH/c1-11-4-5-14(8-13(11)3)20-10-16(19)18-15-9-17-7-6-12(15)2;/h4-5,8,12,15,17H,6-7,9-10H2,1-3H3,(H,18,19);1H. The lowest BCUT2D eigenvalue weighted by Crippen LogP contribution is -2.51. The minimum atomic E-state index is -0.0521. The topological polar surface area (TPSA) is 50.4 Å². The van der Waals surface area contributed by atoms with Crippen LogP contribution in [0, 0.1) is 19.8 Å². The van der Waals surface area contributed by atoms with E-state index < -0.39 is 0 Å². The third kappa shape index (κ3) is 5.21. The number of benzene rings is 1. The number of carbonyl (C=O) groups is 1. The number of aryl methyl sites for hydroxylation is 2. The second-order valence-electron chi connectivity index (χ2n) is 5.68. The molecule has 1 amide bonds. The number of halogens is 1. The predicted octanol–water partition coefficient (Wildman–Crippen LogP) is 2.22. The van der Waals surface area contributed by atoms with Gasteiger partial charge < -0.3 is 15.4 Å². The summed E-state index contributed by atoms with van der Waals surface area (Å²) in [5.41, 5.74) is 2.40. The number of hydrogen-bond donors (Lipinski definition) is 2. The summed E-state index contributed by atoms with van der Waals surface area (Å²) in [6.45, 7) is 8.23. The summed E-state index contributed by atoms with van der Waals surface area (Å²) in [6.07, 6.45) is 1.10. The molecule has 0 aliphatic carbocycles. The molecule has 2 unspecified atom stereocenters. The Morgan fingerprint density at radius 3 is 2.81 bits per heavy atom. The summed E-state index contributed by atoms with van der Waals surface area (Å²) in [7, 11) is 0. The van der Waals surface area contributed by atoms with Gasteiger partial charge in [-0.1, -0.05) is 13.0 Å². The zero-order chi connectivity index (χ0) is 14.5. The van der Waals surface area contributed by atoms with E-state index in [1.54, 1.807) is 0 Å². The molecule has 1 aromatic carbocycles. The van der Waals surface area contributed by atoms with E-state index in [4.69, 9.17) is 4.74 Å². The van der Waals surface area contributed by atoms with E-state index in [9.17, 15) is 4.79 Å². The van der Waals surface area contributed by atoms with E-state index >= 15 is 0 Å². The third-order valence-corrected chi connectivity index (χ3v) is 4.02. The van der Waals surface area contributed by atoms with Crippen molar-refractivity contribution in [2.45, 2.75) is 33.2 Å². The highest BCUT2D eigenvalue weighted by Crippen LogP contribution is 2.16. The Kier molecular flexibility index (Phi) is 6.99. The molecule has 2 rings (SSSR count). The Bertz CT molecular complexity index is 479. The van der Waals surface area contributed by atoms with Crippen molar-refractivity contribution in [2.75, 3.05) is 19.7 Å². The van der Waals surface area contributed by atoms with E-state index in [1.807, 2.05) is 25.1 Å². The molecule has 2 atom stereocenters. The van der Waals surface area contributed by atoms with Gasteiger partial charge in [0.2, 0.25) is 0 Å². The van der Waals surface area contributed by atoms with Gasteiger partial charge in [-0.15, -0.1) is 12.4 Å². The molecule has 2 N–H and O–H groups in total. The zero-order valence-corrected chi connectivity index (χ0v) is 13.8. The summed E-state index contributed by atoms with van der Waals surface area (Å²) in [5.74, 6) is 1.21. The predicted molar refractivity (Wildman–Crippen MR) is 87.2 cm³/mol. The number of carbonyl (C=O) groups excluding carboxylic acids is 1. The maximum absolute atomic E-state index is 11.9. The summed E-state index contributed by atoms with van der Waals surface area (Å²) in [6, 6.07) is 6.09. The fraction of sp³-hybridized carbons (Fsp3) is 0.562. The molecule has 1 fully saturated rings. The molecular formula is C16H25ClN2O2. The molecule has 1 saturated heterocycles. The van der Waals surface area contributed by atoms with Crippen LogP contribution in [-0.2, 0) is 4.79 Å². The Morgan fingerprint density at radius 2 is 2.14 bits per heavy atom. The van der Waals surface area contributed by atoms with Gasteiger partial charge in [0.05, 0.1) is 0 Å². The van der Waals surface area contributed by atoms with Crippen molar-refractivity contribution in [2.24, 2.45) is 5.92 Å². The summed E-state index contributed by atoms with van der Waals surface area (Å²) in [4.78, 5) is 11.9. The van der Waals surface area contributed by atoms with Crippen molar-refractivity contribution in [1.29, 1.82) is 0 Å².